The minimum absolute atomic E-state index is 0.323. The van der Waals surface area contributed by atoms with Crippen LogP contribution in [-0.4, -0.2) is 43.7 Å². The average Bonchev–Trinajstić information content (AvgIpc) is 2.70. The van der Waals surface area contributed by atoms with E-state index in [2.05, 4.69) is 31.0 Å². The minimum atomic E-state index is 0.323. The molecule has 21 heavy (non-hydrogen) atoms. The molecule has 118 valence electrons. The third kappa shape index (κ3) is 5.68. The van der Waals surface area contributed by atoms with Crippen molar-refractivity contribution in [2.75, 3.05) is 32.8 Å². The maximum atomic E-state index is 5.78. The standard InChI is InChI=1S/C18H30N2O/c1-18(2,3)17-15-20(12-7-11-19-17)13-8-14-21-16-9-5-4-6-10-16/h4-6,9-10,17,19H,7-8,11-15H2,1-3H3. The van der Waals surface area contributed by atoms with Crippen LogP contribution in [0.3, 0.4) is 0 Å². The molecule has 1 fully saturated rings. The first-order valence-electron chi connectivity index (χ1n) is 8.19. The highest BCUT2D eigenvalue weighted by Crippen LogP contribution is 2.21. The fraction of sp³-hybridized carbons (Fsp3) is 0.667. The molecule has 1 aromatic rings. The van der Waals surface area contributed by atoms with Crippen LogP contribution in [0.4, 0.5) is 0 Å². The van der Waals surface area contributed by atoms with Gasteiger partial charge in [0.15, 0.2) is 0 Å². The number of rotatable bonds is 5. The number of hydrogen-bond acceptors (Lipinski definition) is 3. The summed E-state index contributed by atoms with van der Waals surface area (Å²) in [6, 6.07) is 10.7. The molecule has 1 aromatic carbocycles. The summed E-state index contributed by atoms with van der Waals surface area (Å²) in [7, 11) is 0. The second-order valence-corrected chi connectivity index (χ2v) is 7.04. The van der Waals surface area contributed by atoms with E-state index in [9.17, 15) is 0 Å². The SMILES string of the molecule is CC(C)(C)C1CN(CCCOc2ccccc2)CCCN1. The molecule has 0 amide bonds. The van der Waals surface area contributed by atoms with Crippen LogP contribution in [0, 0.1) is 5.41 Å². The Morgan fingerprint density at radius 2 is 2.00 bits per heavy atom. The van der Waals surface area contributed by atoms with Gasteiger partial charge in [-0.1, -0.05) is 39.0 Å². The summed E-state index contributed by atoms with van der Waals surface area (Å²) in [5, 5.41) is 3.69. The monoisotopic (exact) mass is 290 g/mol. The highest BCUT2D eigenvalue weighted by molar-refractivity contribution is 5.20. The fourth-order valence-electron chi connectivity index (χ4n) is 2.77. The molecule has 0 radical (unpaired) electrons. The zero-order chi connectivity index (χ0) is 15.1. The largest absolute Gasteiger partial charge is 0.494 e. The molecule has 1 aliphatic heterocycles. The van der Waals surface area contributed by atoms with E-state index in [1.807, 2.05) is 30.3 Å². The number of nitrogens with one attached hydrogen (secondary N) is 1. The van der Waals surface area contributed by atoms with Crippen LogP contribution in [0.25, 0.3) is 0 Å². The normalized spacial score (nSPS) is 21.0. The molecule has 0 aliphatic carbocycles. The first-order chi connectivity index (χ1) is 10.1. The molecular formula is C18H30N2O. The summed E-state index contributed by atoms with van der Waals surface area (Å²) in [5.74, 6) is 0.975. The van der Waals surface area contributed by atoms with E-state index in [-0.39, 0.29) is 0 Å². The number of para-hydroxylation sites is 1. The summed E-state index contributed by atoms with van der Waals surface area (Å²) in [6.07, 6.45) is 2.33. The van der Waals surface area contributed by atoms with Gasteiger partial charge in [0.25, 0.3) is 0 Å². The van der Waals surface area contributed by atoms with Crippen LogP contribution < -0.4 is 10.1 Å². The maximum Gasteiger partial charge on any atom is 0.119 e. The molecule has 0 bridgehead atoms. The molecule has 1 atom stereocenters. The van der Waals surface area contributed by atoms with Gasteiger partial charge in [0.05, 0.1) is 6.61 Å². The van der Waals surface area contributed by atoms with Crippen molar-refractivity contribution in [2.24, 2.45) is 5.41 Å². The van der Waals surface area contributed by atoms with Crippen molar-refractivity contribution in [2.45, 2.75) is 39.7 Å². The van der Waals surface area contributed by atoms with Gasteiger partial charge >= 0.3 is 0 Å². The minimum Gasteiger partial charge on any atom is -0.494 e. The van der Waals surface area contributed by atoms with Gasteiger partial charge in [-0.2, -0.15) is 0 Å². The van der Waals surface area contributed by atoms with Gasteiger partial charge in [-0.15, -0.1) is 0 Å². The molecule has 3 nitrogen and oxygen atoms in total. The molecule has 1 saturated heterocycles. The Bertz CT molecular complexity index is 399. The van der Waals surface area contributed by atoms with Crippen LogP contribution in [0.5, 0.6) is 5.75 Å². The lowest BCUT2D eigenvalue weighted by atomic mass is 9.86. The Labute approximate surface area is 129 Å². The highest BCUT2D eigenvalue weighted by atomic mass is 16.5. The van der Waals surface area contributed by atoms with Gasteiger partial charge in [0, 0.05) is 19.1 Å². The fourth-order valence-corrected chi connectivity index (χ4v) is 2.77. The van der Waals surface area contributed by atoms with Crippen LogP contribution in [0.2, 0.25) is 0 Å². The lowest BCUT2D eigenvalue weighted by molar-refractivity contribution is 0.185. The molecule has 0 aromatic heterocycles. The van der Waals surface area contributed by atoms with E-state index in [1.165, 1.54) is 13.0 Å². The van der Waals surface area contributed by atoms with E-state index < -0.39 is 0 Å². The maximum absolute atomic E-state index is 5.78. The zero-order valence-electron chi connectivity index (χ0n) is 13.8. The van der Waals surface area contributed by atoms with Crippen LogP contribution in [0.1, 0.15) is 33.6 Å². The summed E-state index contributed by atoms with van der Waals surface area (Å²) in [4.78, 5) is 2.59. The summed E-state index contributed by atoms with van der Waals surface area (Å²) < 4.78 is 5.78. The van der Waals surface area contributed by atoms with Crippen molar-refractivity contribution in [3.8, 4) is 5.75 Å². The van der Waals surface area contributed by atoms with E-state index in [0.717, 1.165) is 38.4 Å². The van der Waals surface area contributed by atoms with Crippen LogP contribution in [0.15, 0.2) is 30.3 Å². The van der Waals surface area contributed by atoms with Crippen LogP contribution in [-0.2, 0) is 0 Å². The molecular weight excluding hydrogens is 260 g/mol. The number of benzene rings is 1. The second-order valence-electron chi connectivity index (χ2n) is 7.04. The van der Waals surface area contributed by atoms with E-state index in [4.69, 9.17) is 4.74 Å². The van der Waals surface area contributed by atoms with Crippen molar-refractivity contribution in [1.29, 1.82) is 0 Å². The number of ether oxygens (including phenoxy) is 1. The van der Waals surface area contributed by atoms with E-state index >= 15 is 0 Å². The van der Waals surface area contributed by atoms with E-state index in [1.54, 1.807) is 0 Å². The first-order valence-corrected chi connectivity index (χ1v) is 8.19. The second kappa shape index (κ2) is 7.81. The lowest BCUT2D eigenvalue weighted by Gasteiger charge is -2.33. The van der Waals surface area contributed by atoms with Crippen molar-refractivity contribution in [1.82, 2.24) is 10.2 Å². The Hall–Kier alpha value is -1.06. The predicted octanol–water partition coefficient (Wildman–Crippen LogP) is 3.17. The summed E-state index contributed by atoms with van der Waals surface area (Å²) in [5.41, 5.74) is 0.323. The third-order valence-electron chi connectivity index (χ3n) is 4.16. The molecule has 1 N–H and O–H groups in total. The molecule has 3 heteroatoms. The third-order valence-corrected chi connectivity index (χ3v) is 4.16. The Morgan fingerprint density at radius 1 is 1.24 bits per heavy atom. The van der Waals surface area contributed by atoms with Crippen molar-refractivity contribution in [3.63, 3.8) is 0 Å². The average molecular weight is 290 g/mol. The van der Waals surface area contributed by atoms with E-state index in [0.29, 0.717) is 11.5 Å². The first kappa shape index (κ1) is 16.3. The zero-order valence-corrected chi connectivity index (χ0v) is 13.8. The predicted molar refractivity (Wildman–Crippen MR) is 88.9 cm³/mol. The molecule has 2 rings (SSSR count). The molecule has 1 heterocycles. The van der Waals surface area contributed by atoms with Gasteiger partial charge in [-0.05, 0) is 43.5 Å². The highest BCUT2D eigenvalue weighted by Gasteiger charge is 2.27. The van der Waals surface area contributed by atoms with Crippen LogP contribution >= 0.6 is 0 Å². The Balaban J connectivity index is 1.72. The number of nitrogens with zero attached hydrogens (tertiary/aromatic N) is 1. The smallest absolute Gasteiger partial charge is 0.119 e. The Morgan fingerprint density at radius 3 is 2.71 bits per heavy atom. The van der Waals surface area contributed by atoms with Gasteiger partial charge < -0.3 is 15.0 Å². The quantitative estimate of drug-likeness (QED) is 0.843. The molecule has 1 aliphatic rings. The summed E-state index contributed by atoms with van der Waals surface area (Å²) in [6.45, 7) is 12.4. The topological polar surface area (TPSA) is 24.5 Å². The van der Waals surface area contributed by atoms with Gasteiger partial charge in [-0.25, -0.2) is 0 Å². The van der Waals surface area contributed by atoms with Gasteiger partial charge in [0.1, 0.15) is 5.75 Å². The van der Waals surface area contributed by atoms with Crippen molar-refractivity contribution in [3.05, 3.63) is 30.3 Å². The summed E-state index contributed by atoms with van der Waals surface area (Å²) >= 11 is 0. The molecule has 0 saturated carbocycles. The molecule has 0 spiro atoms. The molecule has 1 unspecified atom stereocenters. The van der Waals surface area contributed by atoms with Crippen molar-refractivity contribution < 1.29 is 4.74 Å². The van der Waals surface area contributed by atoms with Crippen molar-refractivity contribution >= 4 is 0 Å². The lowest BCUT2D eigenvalue weighted by Crippen LogP contribution is -2.46. The van der Waals surface area contributed by atoms with Gasteiger partial charge in [0.2, 0.25) is 0 Å². The van der Waals surface area contributed by atoms with Gasteiger partial charge in [-0.3, -0.25) is 0 Å². The number of hydrogen-bond donors (Lipinski definition) is 1. The Kier molecular flexibility index (Phi) is 6.07.